The molecule has 38 heavy (non-hydrogen) atoms. The molecule has 8 nitrogen and oxygen atoms in total. The van der Waals surface area contributed by atoms with Gasteiger partial charge in [-0.2, -0.15) is 0 Å². The van der Waals surface area contributed by atoms with Crippen LogP contribution in [0, 0.1) is 11.6 Å². The lowest BCUT2D eigenvalue weighted by molar-refractivity contribution is -0.130. The summed E-state index contributed by atoms with van der Waals surface area (Å²) in [4.78, 5) is 38.2. The van der Waals surface area contributed by atoms with E-state index in [1.165, 1.54) is 24.3 Å². The number of hydrogen-bond donors (Lipinski definition) is 0. The summed E-state index contributed by atoms with van der Waals surface area (Å²) in [6.07, 6.45) is 2.93. The Balaban J connectivity index is 1.66. The van der Waals surface area contributed by atoms with E-state index in [1.807, 2.05) is 4.68 Å². The maximum Gasteiger partial charge on any atom is 0.274 e. The average Bonchev–Trinajstić information content (AvgIpc) is 3.19. The molecule has 0 bridgehead atoms. The zero-order valence-corrected chi connectivity index (χ0v) is 21.4. The Morgan fingerprint density at radius 2 is 1.74 bits per heavy atom. The van der Waals surface area contributed by atoms with Crippen molar-refractivity contribution in [1.29, 1.82) is 0 Å². The fraction of sp³-hybridized carbons (Fsp3) is 0.286. The molecule has 1 aliphatic rings. The van der Waals surface area contributed by atoms with Crippen molar-refractivity contribution >= 4 is 17.5 Å². The number of anilines is 2. The van der Waals surface area contributed by atoms with Gasteiger partial charge in [0.25, 0.3) is 5.56 Å². The largest absolute Gasteiger partial charge is 0.343 e. The number of likely N-dealkylation sites (tertiary alicyclic amines) is 1. The number of piperidine rings is 1. The number of amides is 1. The Kier molecular flexibility index (Phi) is 6.79. The first-order chi connectivity index (χ1) is 18.2. The van der Waals surface area contributed by atoms with Crippen molar-refractivity contribution in [2.45, 2.75) is 25.8 Å². The first kappa shape index (κ1) is 25.3. The minimum atomic E-state index is -0.399. The van der Waals surface area contributed by atoms with Crippen LogP contribution in [0.2, 0.25) is 0 Å². The van der Waals surface area contributed by atoms with E-state index in [0.29, 0.717) is 60.1 Å². The molecule has 1 amide bonds. The highest BCUT2D eigenvalue weighted by Crippen LogP contribution is 2.35. The van der Waals surface area contributed by atoms with Crippen LogP contribution in [0.3, 0.4) is 0 Å². The van der Waals surface area contributed by atoms with Crippen molar-refractivity contribution in [1.82, 2.24) is 24.2 Å². The highest BCUT2D eigenvalue weighted by atomic mass is 19.1. The molecule has 0 unspecified atom stereocenters. The Morgan fingerprint density at radius 1 is 1.03 bits per heavy atom. The zero-order valence-electron chi connectivity index (χ0n) is 21.4. The lowest BCUT2D eigenvalue weighted by Crippen LogP contribution is -2.39. The van der Waals surface area contributed by atoms with Crippen LogP contribution in [0.4, 0.5) is 20.4 Å². The highest BCUT2D eigenvalue weighted by molar-refractivity contribution is 5.80. The first-order valence-electron chi connectivity index (χ1n) is 12.4. The number of hydrogen-bond acceptors (Lipinski definition) is 5. The smallest absolute Gasteiger partial charge is 0.274 e. The van der Waals surface area contributed by atoms with Gasteiger partial charge in [0.15, 0.2) is 0 Å². The number of rotatable bonds is 5. The van der Waals surface area contributed by atoms with Gasteiger partial charge in [-0.15, -0.1) is 0 Å². The predicted octanol–water partition coefficient (Wildman–Crippen LogP) is 4.54. The van der Waals surface area contributed by atoms with Gasteiger partial charge in [0.05, 0.1) is 23.0 Å². The van der Waals surface area contributed by atoms with Gasteiger partial charge in [-0.1, -0.05) is 18.2 Å². The summed E-state index contributed by atoms with van der Waals surface area (Å²) in [6.45, 7) is 2.71. The van der Waals surface area contributed by atoms with Crippen LogP contribution in [0.15, 0.2) is 65.6 Å². The number of halogens is 2. The molecule has 0 spiro atoms. The zero-order chi connectivity index (χ0) is 27.0. The molecule has 2 aromatic carbocycles. The molecule has 5 rings (SSSR count). The van der Waals surface area contributed by atoms with Gasteiger partial charge in [-0.05, 0) is 54.8 Å². The quantitative estimate of drug-likeness (QED) is 0.388. The van der Waals surface area contributed by atoms with Crippen molar-refractivity contribution in [3.63, 3.8) is 0 Å². The minimum Gasteiger partial charge on any atom is -0.343 e. The second-order valence-electron chi connectivity index (χ2n) is 9.42. The van der Waals surface area contributed by atoms with Gasteiger partial charge < -0.3 is 9.80 Å². The second-order valence-corrected chi connectivity index (χ2v) is 9.42. The summed E-state index contributed by atoms with van der Waals surface area (Å²) in [7, 11) is 3.45. The van der Waals surface area contributed by atoms with E-state index in [9.17, 15) is 18.4 Å². The topological polar surface area (TPSA) is 76.3 Å². The van der Waals surface area contributed by atoms with Crippen LogP contribution in [-0.2, 0) is 11.8 Å². The second kappa shape index (κ2) is 10.2. The molecule has 3 heterocycles. The molecule has 0 saturated carbocycles. The van der Waals surface area contributed by atoms with Crippen molar-refractivity contribution < 1.29 is 13.6 Å². The van der Waals surface area contributed by atoms with Gasteiger partial charge in [-0.25, -0.2) is 18.7 Å². The lowest BCUT2D eigenvalue weighted by atomic mass is 10.0. The highest BCUT2D eigenvalue weighted by Gasteiger charge is 2.30. The van der Waals surface area contributed by atoms with E-state index in [-0.39, 0.29) is 23.3 Å². The molecule has 4 aromatic rings. The fourth-order valence-corrected chi connectivity index (χ4v) is 5.04. The Bertz CT molecular complexity index is 1540. The molecule has 0 N–H and O–H groups in total. The summed E-state index contributed by atoms with van der Waals surface area (Å²) >= 11 is 0. The summed E-state index contributed by atoms with van der Waals surface area (Å²) in [5.74, 6) is -0.424. The molecule has 10 heteroatoms. The van der Waals surface area contributed by atoms with Crippen LogP contribution < -0.4 is 10.5 Å². The average molecular weight is 519 g/mol. The monoisotopic (exact) mass is 518 g/mol. The van der Waals surface area contributed by atoms with Crippen LogP contribution in [0.25, 0.3) is 22.5 Å². The lowest BCUT2D eigenvalue weighted by Gasteiger charge is -2.33. The molecule has 0 atom stereocenters. The van der Waals surface area contributed by atoms with E-state index < -0.39 is 5.82 Å². The minimum absolute atomic E-state index is 0.0258. The Hall–Kier alpha value is -4.34. The molecule has 196 valence electrons. The summed E-state index contributed by atoms with van der Waals surface area (Å²) in [5.41, 5.74) is 2.40. The first-order valence-corrected chi connectivity index (χ1v) is 12.4. The van der Waals surface area contributed by atoms with Crippen molar-refractivity contribution in [2.24, 2.45) is 7.05 Å². The molecular formula is C28H28F2N6O2. The maximum atomic E-state index is 13.9. The van der Waals surface area contributed by atoms with Gasteiger partial charge in [-0.3, -0.25) is 19.0 Å². The number of benzene rings is 2. The van der Waals surface area contributed by atoms with Gasteiger partial charge in [0, 0.05) is 46.0 Å². The van der Waals surface area contributed by atoms with Gasteiger partial charge in [0.2, 0.25) is 11.9 Å². The summed E-state index contributed by atoms with van der Waals surface area (Å²) in [5, 5.41) is 0. The molecule has 1 fully saturated rings. The van der Waals surface area contributed by atoms with Crippen molar-refractivity contribution in [3.8, 4) is 22.5 Å². The van der Waals surface area contributed by atoms with E-state index in [0.717, 1.165) is 0 Å². The van der Waals surface area contributed by atoms with Gasteiger partial charge >= 0.3 is 0 Å². The fourth-order valence-electron chi connectivity index (χ4n) is 5.04. The van der Waals surface area contributed by atoms with E-state index in [4.69, 9.17) is 4.98 Å². The van der Waals surface area contributed by atoms with E-state index in [1.54, 1.807) is 72.0 Å². The van der Waals surface area contributed by atoms with Crippen LogP contribution >= 0.6 is 0 Å². The molecule has 2 aromatic heterocycles. The number of carbonyl (C=O) groups is 1. The number of nitrogens with zero attached hydrogens (tertiary/aromatic N) is 6. The Morgan fingerprint density at radius 3 is 2.39 bits per heavy atom. The third kappa shape index (κ3) is 4.69. The number of aromatic nitrogens is 4. The molecule has 1 aliphatic heterocycles. The number of carbonyl (C=O) groups excluding carboxylic acids is 1. The standard InChI is InChI=1S/C28H28F2N6O2/c1-18(37)35-15-12-22(13-16-35)36-26(25(27(38)34(36)3)19-7-9-20(29)10-8-19)24-11-14-31-28(32-24)33(2)23-6-4-5-21(30)17-23/h4-11,14,17,22H,12-13,15-16H2,1-3H3. The molecule has 0 aliphatic carbocycles. The van der Waals surface area contributed by atoms with Crippen molar-refractivity contribution in [2.75, 3.05) is 25.0 Å². The van der Waals surface area contributed by atoms with Gasteiger partial charge in [0.1, 0.15) is 11.6 Å². The normalized spacial score (nSPS) is 14.1. The molecule has 1 saturated heterocycles. The van der Waals surface area contributed by atoms with E-state index in [2.05, 4.69) is 4.98 Å². The third-order valence-electron chi connectivity index (χ3n) is 7.07. The molecular weight excluding hydrogens is 490 g/mol. The van der Waals surface area contributed by atoms with Crippen molar-refractivity contribution in [3.05, 3.63) is 82.8 Å². The maximum absolute atomic E-state index is 13.9. The Labute approximate surface area is 218 Å². The van der Waals surface area contributed by atoms with Crippen LogP contribution in [0.5, 0.6) is 0 Å². The van der Waals surface area contributed by atoms with E-state index >= 15 is 0 Å². The third-order valence-corrected chi connectivity index (χ3v) is 7.07. The summed E-state index contributed by atoms with van der Waals surface area (Å²) < 4.78 is 31.1. The SMILES string of the molecule is CC(=O)N1CCC(n2c(-c3ccnc(N(C)c4cccc(F)c4)n3)c(-c3ccc(F)cc3)c(=O)n2C)CC1. The molecule has 0 radical (unpaired) electrons. The van der Waals surface area contributed by atoms with Crippen LogP contribution in [0.1, 0.15) is 25.8 Å². The van der Waals surface area contributed by atoms with Crippen LogP contribution in [-0.4, -0.2) is 50.3 Å². The predicted molar refractivity (Wildman–Crippen MR) is 141 cm³/mol. The summed E-state index contributed by atoms with van der Waals surface area (Å²) in [6, 6.07) is 13.6.